The van der Waals surface area contributed by atoms with Crippen LogP contribution in [0.4, 0.5) is 10.1 Å². The standard InChI is InChI=1S/C25H28FN3O3/c1-16-8-11-21(23(14-16)32-13-12-31-3)27-25(30)24-19-6-4-5-7-22(19)29(28-24)18-10-9-17(2)20(26)15-18/h8-11,14-15H,4-7,12-13H2,1-3H3,(H,27,30). The lowest BCUT2D eigenvalue weighted by molar-refractivity contribution is 0.102. The summed E-state index contributed by atoms with van der Waals surface area (Å²) < 4.78 is 26.8. The highest BCUT2D eigenvalue weighted by Crippen LogP contribution is 2.30. The van der Waals surface area contributed by atoms with Gasteiger partial charge in [0.15, 0.2) is 5.69 Å². The Balaban J connectivity index is 1.66. The van der Waals surface area contributed by atoms with Gasteiger partial charge in [0.1, 0.15) is 18.2 Å². The van der Waals surface area contributed by atoms with Gasteiger partial charge in [0.2, 0.25) is 0 Å². The van der Waals surface area contributed by atoms with Crippen LogP contribution in [0.2, 0.25) is 0 Å². The Kier molecular flexibility index (Phi) is 6.55. The minimum absolute atomic E-state index is 0.286. The van der Waals surface area contributed by atoms with Gasteiger partial charge < -0.3 is 14.8 Å². The third kappa shape index (κ3) is 4.53. The molecule has 1 aliphatic rings. The lowest BCUT2D eigenvalue weighted by Gasteiger charge is -2.15. The van der Waals surface area contributed by atoms with E-state index in [1.807, 2.05) is 31.2 Å². The summed E-state index contributed by atoms with van der Waals surface area (Å²) in [4.78, 5) is 13.3. The molecule has 0 spiro atoms. The van der Waals surface area contributed by atoms with Gasteiger partial charge in [0, 0.05) is 18.4 Å². The number of anilines is 1. The van der Waals surface area contributed by atoms with Crippen LogP contribution in [0.1, 0.15) is 45.7 Å². The third-order valence-corrected chi connectivity index (χ3v) is 5.73. The molecule has 1 aromatic heterocycles. The second kappa shape index (κ2) is 9.53. The second-order valence-electron chi connectivity index (χ2n) is 8.12. The molecule has 1 aliphatic carbocycles. The lowest BCUT2D eigenvalue weighted by Crippen LogP contribution is -2.17. The van der Waals surface area contributed by atoms with Gasteiger partial charge in [0.05, 0.1) is 18.0 Å². The molecule has 0 saturated heterocycles. The predicted molar refractivity (Wildman–Crippen MR) is 121 cm³/mol. The maximum absolute atomic E-state index is 14.2. The molecule has 3 aromatic rings. The van der Waals surface area contributed by atoms with Crippen molar-refractivity contribution in [1.82, 2.24) is 9.78 Å². The molecule has 0 saturated carbocycles. The van der Waals surface area contributed by atoms with Gasteiger partial charge in [-0.1, -0.05) is 12.1 Å². The number of carbonyl (C=O) groups excluding carboxylic acids is 1. The Bertz CT molecular complexity index is 1140. The van der Waals surface area contributed by atoms with Crippen molar-refractivity contribution in [3.63, 3.8) is 0 Å². The first-order valence-corrected chi connectivity index (χ1v) is 10.9. The van der Waals surface area contributed by atoms with E-state index >= 15 is 0 Å². The van der Waals surface area contributed by atoms with Crippen LogP contribution in [0.15, 0.2) is 36.4 Å². The van der Waals surface area contributed by atoms with E-state index in [1.165, 1.54) is 6.07 Å². The van der Waals surface area contributed by atoms with E-state index < -0.39 is 0 Å². The first-order valence-electron chi connectivity index (χ1n) is 10.9. The monoisotopic (exact) mass is 437 g/mol. The number of methoxy groups -OCH3 is 1. The van der Waals surface area contributed by atoms with Gasteiger partial charge in [-0.05, 0) is 74.9 Å². The van der Waals surface area contributed by atoms with Crippen molar-refractivity contribution in [2.75, 3.05) is 25.6 Å². The average molecular weight is 438 g/mol. The van der Waals surface area contributed by atoms with E-state index in [9.17, 15) is 9.18 Å². The SMILES string of the molecule is COCCOc1cc(C)ccc1NC(=O)c1nn(-c2ccc(C)c(F)c2)c2c1CCCC2. The quantitative estimate of drug-likeness (QED) is 0.540. The molecule has 0 fully saturated rings. The lowest BCUT2D eigenvalue weighted by atomic mass is 9.95. The number of aryl methyl sites for hydroxylation is 2. The zero-order valence-electron chi connectivity index (χ0n) is 18.7. The van der Waals surface area contributed by atoms with Gasteiger partial charge in [-0.2, -0.15) is 5.10 Å². The molecule has 1 N–H and O–H groups in total. The first-order chi connectivity index (χ1) is 15.5. The van der Waals surface area contributed by atoms with Gasteiger partial charge in [-0.25, -0.2) is 9.07 Å². The van der Waals surface area contributed by atoms with E-state index in [1.54, 1.807) is 24.8 Å². The molecule has 1 amide bonds. The normalized spacial score (nSPS) is 13.0. The molecule has 168 valence electrons. The molecule has 0 radical (unpaired) electrons. The number of nitrogens with one attached hydrogen (secondary N) is 1. The maximum atomic E-state index is 14.2. The van der Waals surface area contributed by atoms with Crippen molar-refractivity contribution in [2.45, 2.75) is 39.5 Å². The topological polar surface area (TPSA) is 65.4 Å². The minimum Gasteiger partial charge on any atom is -0.489 e. The molecule has 0 atom stereocenters. The molecular formula is C25H28FN3O3. The zero-order valence-corrected chi connectivity index (χ0v) is 18.7. The fourth-order valence-corrected chi connectivity index (χ4v) is 3.98. The van der Waals surface area contributed by atoms with Gasteiger partial charge in [-0.3, -0.25) is 4.79 Å². The van der Waals surface area contributed by atoms with Crippen molar-refractivity contribution in [2.24, 2.45) is 0 Å². The van der Waals surface area contributed by atoms with Crippen LogP contribution in [0.5, 0.6) is 5.75 Å². The highest BCUT2D eigenvalue weighted by Gasteiger charge is 2.26. The number of ether oxygens (including phenoxy) is 2. The highest BCUT2D eigenvalue weighted by atomic mass is 19.1. The number of aromatic nitrogens is 2. The Labute approximate surface area is 187 Å². The number of carbonyl (C=O) groups is 1. The second-order valence-corrected chi connectivity index (χ2v) is 8.12. The maximum Gasteiger partial charge on any atom is 0.276 e. The van der Waals surface area contributed by atoms with E-state index in [-0.39, 0.29) is 11.7 Å². The van der Waals surface area contributed by atoms with Crippen LogP contribution in [-0.2, 0) is 17.6 Å². The van der Waals surface area contributed by atoms with E-state index in [4.69, 9.17) is 9.47 Å². The minimum atomic E-state index is -0.296. The summed E-state index contributed by atoms with van der Waals surface area (Å²) in [7, 11) is 1.61. The van der Waals surface area contributed by atoms with Crippen LogP contribution >= 0.6 is 0 Å². The number of benzene rings is 2. The number of halogens is 1. The molecule has 0 unspecified atom stereocenters. The molecule has 7 heteroatoms. The molecule has 1 heterocycles. The number of rotatable bonds is 7. The van der Waals surface area contributed by atoms with Crippen molar-refractivity contribution in [3.05, 3.63) is 70.3 Å². The number of nitrogens with zero attached hydrogens (tertiary/aromatic N) is 2. The highest BCUT2D eigenvalue weighted by molar-refractivity contribution is 6.05. The van der Waals surface area contributed by atoms with Crippen molar-refractivity contribution >= 4 is 11.6 Å². The molecule has 0 bridgehead atoms. The molecule has 32 heavy (non-hydrogen) atoms. The van der Waals surface area contributed by atoms with Crippen molar-refractivity contribution in [1.29, 1.82) is 0 Å². The zero-order chi connectivity index (χ0) is 22.7. The summed E-state index contributed by atoms with van der Waals surface area (Å²) in [5, 5.41) is 7.59. The van der Waals surface area contributed by atoms with Gasteiger partial charge in [0.25, 0.3) is 5.91 Å². The van der Waals surface area contributed by atoms with E-state index in [0.29, 0.717) is 41.6 Å². The number of amides is 1. The number of fused-ring (bicyclic) bond motifs is 1. The Morgan fingerprint density at radius 2 is 1.94 bits per heavy atom. The largest absolute Gasteiger partial charge is 0.489 e. The number of hydrogen-bond acceptors (Lipinski definition) is 4. The summed E-state index contributed by atoms with van der Waals surface area (Å²) in [6.07, 6.45) is 3.60. The van der Waals surface area contributed by atoms with Crippen LogP contribution in [0.3, 0.4) is 0 Å². The summed E-state index contributed by atoms with van der Waals surface area (Å²) in [5.41, 5.74) is 5.10. The van der Waals surface area contributed by atoms with Crippen molar-refractivity contribution in [3.8, 4) is 11.4 Å². The molecular weight excluding hydrogens is 409 g/mol. The van der Waals surface area contributed by atoms with Gasteiger partial charge >= 0.3 is 0 Å². The van der Waals surface area contributed by atoms with Crippen LogP contribution < -0.4 is 10.1 Å². The summed E-state index contributed by atoms with van der Waals surface area (Å²) in [5.74, 6) is 0.00491. The third-order valence-electron chi connectivity index (χ3n) is 5.73. The fraction of sp³-hybridized carbons (Fsp3) is 0.360. The fourth-order valence-electron chi connectivity index (χ4n) is 3.98. The van der Waals surface area contributed by atoms with Crippen LogP contribution in [-0.4, -0.2) is 36.0 Å². The van der Waals surface area contributed by atoms with Crippen molar-refractivity contribution < 1.29 is 18.7 Å². The smallest absolute Gasteiger partial charge is 0.276 e. The van der Waals surface area contributed by atoms with Crippen LogP contribution in [0.25, 0.3) is 5.69 Å². The summed E-state index contributed by atoms with van der Waals surface area (Å²) >= 11 is 0. The Morgan fingerprint density at radius 1 is 1.12 bits per heavy atom. The predicted octanol–water partition coefficient (Wildman–Crippen LogP) is 4.78. The number of hydrogen-bond donors (Lipinski definition) is 1. The molecule has 0 aliphatic heterocycles. The average Bonchev–Trinajstić information content (AvgIpc) is 3.17. The van der Waals surface area contributed by atoms with Gasteiger partial charge in [-0.15, -0.1) is 0 Å². The van der Waals surface area contributed by atoms with Crippen LogP contribution in [0, 0.1) is 19.7 Å². The summed E-state index contributed by atoms with van der Waals surface area (Å²) in [6, 6.07) is 10.7. The summed E-state index contributed by atoms with van der Waals surface area (Å²) in [6.45, 7) is 4.52. The molecule has 4 rings (SSSR count). The van der Waals surface area contributed by atoms with E-state index in [2.05, 4.69) is 10.4 Å². The Hall–Kier alpha value is -3.19. The molecule has 6 nitrogen and oxygen atoms in total. The Morgan fingerprint density at radius 3 is 2.72 bits per heavy atom. The van der Waals surface area contributed by atoms with E-state index in [0.717, 1.165) is 42.5 Å². The molecule has 2 aromatic carbocycles. The first kappa shape index (κ1) is 22.0.